The van der Waals surface area contributed by atoms with Crippen LogP contribution < -0.4 is 11.1 Å². The summed E-state index contributed by atoms with van der Waals surface area (Å²) in [6, 6.07) is 12.3. The van der Waals surface area contributed by atoms with Crippen molar-refractivity contribution in [2.75, 3.05) is 11.1 Å². The van der Waals surface area contributed by atoms with Crippen LogP contribution in [0.5, 0.6) is 0 Å². The molecule has 0 saturated heterocycles. The number of nitrogens with one attached hydrogen (secondary N) is 1. The minimum Gasteiger partial charge on any atom is -0.481 e. The molecule has 0 radical (unpaired) electrons. The van der Waals surface area contributed by atoms with Crippen LogP contribution >= 0.6 is 0 Å². The van der Waals surface area contributed by atoms with Crippen LogP contribution in [0.25, 0.3) is 16.5 Å². The van der Waals surface area contributed by atoms with E-state index in [0.29, 0.717) is 18.7 Å². The summed E-state index contributed by atoms with van der Waals surface area (Å²) in [4.78, 5) is 20.5. The van der Waals surface area contributed by atoms with Crippen molar-refractivity contribution in [2.24, 2.45) is 5.92 Å². The number of nitrogen functional groups attached to an aromatic ring is 1. The van der Waals surface area contributed by atoms with E-state index >= 15 is 0 Å². The van der Waals surface area contributed by atoms with Crippen molar-refractivity contribution in [3.05, 3.63) is 65.0 Å². The molecule has 1 unspecified atom stereocenters. The van der Waals surface area contributed by atoms with Gasteiger partial charge in [0, 0.05) is 11.1 Å². The monoisotopic (exact) mass is 416 g/mol. The third kappa shape index (κ3) is 4.53. The molecule has 0 aliphatic heterocycles. The van der Waals surface area contributed by atoms with Gasteiger partial charge < -0.3 is 16.2 Å². The Morgan fingerprint density at radius 3 is 2.68 bits per heavy atom. The van der Waals surface area contributed by atoms with Gasteiger partial charge in [-0.1, -0.05) is 18.2 Å². The Bertz CT molecular complexity index is 1170. The van der Waals surface area contributed by atoms with Gasteiger partial charge in [-0.25, -0.2) is 9.97 Å². The molecule has 6 heteroatoms. The van der Waals surface area contributed by atoms with E-state index in [1.807, 2.05) is 32.0 Å². The van der Waals surface area contributed by atoms with Gasteiger partial charge in [0.15, 0.2) is 0 Å². The molecule has 0 amide bonds. The van der Waals surface area contributed by atoms with Crippen molar-refractivity contribution in [1.82, 2.24) is 9.97 Å². The molecule has 160 valence electrons. The van der Waals surface area contributed by atoms with Crippen LogP contribution in [0, 0.1) is 19.8 Å². The van der Waals surface area contributed by atoms with Crippen molar-refractivity contribution in [3.8, 4) is 0 Å². The number of carboxylic acid groups (broad SMARTS) is 1. The zero-order chi connectivity index (χ0) is 22.1. The Labute approximate surface area is 182 Å². The van der Waals surface area contributed by atoms with Crippen LogP contribution in [0.15, 0.2) is 42.5 Å². The lowest BCUT2D eigenvalue weighted by molar-refractivity contribution is -0.141. The molecule has 1 aliphatic carbocycles. The molecule has 4 N–H and O–H groups in total. The summed E-state index contributed by atoms with van der Waals surface area (Å²) in [5, 5.41) is 13.7. The predicted octanol–water partition coefficient (Wildman–Crippen LogP) is 5.27. The van der Waals surface area contributed by atoms with E-state index in [2.05, 4.69) is 46.5 Å². The summed E-state index contributed by atoms with van der Waals surface area (Å²) < 4.78 is 0. The smallest absolute Gasteiger partial charge is 0.306 e. The van der Waals surface area contributed by atoms with Crippen molar-refractivity contribution in [3.63, 3.8) is 0 Å². The first-order chi connectivity index (χ1) is 14.8. The van der Waals surface area contributed by atoms with E-state index in [1.54, 1.807) is 0 Å². The highest BCUT2D eigenvalue weighted by molar-refractivity contribution is 5.92. The first kappa shape index (κ1) is 20.8. The van der Waals surface area contributed by atoms with E-state index in [1.165, 1.54) is 5.57 Å². The fourth-order valence-corrected chi connectivity index (χ4v) is 4.26. The minimum atomic E-state index is -0.713. The number of hydrogen-bond acceptors (Lipinski definition) is 5. The second kappa shape index (κ2) is 8.38. The third-order valence-corrected chi connectivity index (χ3v) is 5.91. The first-order valence-corrected chi connectivity index (χ1v) is 10.6. The van der Waals surface area contributed by atoms with Gasteiger partial charge in [0.2, 0.25) is 0 Å². The quantitative estimate of drug-likeness (QED) is 0.490. The number of benzene rings is 2. The van der Waals surface area contributed by atoms with Crippen LogP contribution in [0.2, 0.25) is 0 Å². The summed E-state index contributed by atoms with van der Waals surface area (Å²) in [5.41, 5.74) is 12.2. The molecule has 2 atom stereocenters. The molecule has 0 fully saturated rings. The Morgan fingerprint density at radius 2 is 2.00 bits per heavy atom. The lowest BCUT2D eigenvalue weighted by Crippen LogP contribution is -2.15. The largest absolute Gasteiger partial charge is 0.481 e. The van der Waals surface area contributed by atoms with Gasteiger partial charge in [-0.05, 0) is 86.6 Å². The molecule has 1 aliphatic rings. The fraction of sp³-hybridized carbons (Fsp3) is 0.320. The van der Waals surface area contributed by atoms with E-state index in [0.717, 1.165) is 45.5 Å². The second-order valence-corrected chi connectivity index (χ2v) is 8.43. The molecule has 6 nitrogen and oxygen atoms in total. The van der Waals surface area contributed by atoms with Gasteiger partial charge in [-0.3, -0.25) is 4.79 Å². The van der Waals surface area contributed by atoms with Gasteiger partial charge in [0.25, 0.3) is 0 Å². The number of aliphatic carboxylic acids is 1. The van der Waals surface area contributed by atoms with E-state index in [4.69, 9.17) is 5.73 Å². The molecule has 1 heterocycles. The molecule has 1 aromatic heterocycles. The molecule has 0 bridgehead atoms. The zero-order valence-electron chi connectivity index (χ0n) is 18.1. The molecule has 31 heavy (non-hydrogen) atoms. The molecule has 0 saturated carbocycles. The summed E-state index contributed by atoms with van der Waals surface area (Å²) in [6.45, 7) is 6.02. The van der Waals surface area contributed by atoms with Crippen molar-refractivity contribution in [1.29, 1.82) is 0 Å². The molecule has 4 rings (SSSR count). The number of fused-ring (bicyclic) bond motifs is 1. The van der Waals surface area contributed by atoms with Crippen LogP contribution in [0.3, 0.4) is 0 Å². The zero-order valence-corrected chi connectivity index (χ0v) is 18.1. The number of carboxylic acids is 1. The van der Waals surface area contributed by atoms with Gasteiger partial charge in [0.1, 0.15) is 11.6 Å². The number of anilines is 2. The number of carbonyl (C=O) groups is 1. The SMILES string of the molecule is Cc1cc(N)cc([C@H](C)Nc2nc(C)nc3ccc(C4=CCC(C(=O)O)CC4)cc23)c1. The molecule has 2 aromatic carbocycles. The number of allylic oxidation sites excluding steroid dienone is 2. The van der Waals surface area contributed by atoms with Crippen LogP contribution in [-0.2, 0) is 4.79 Å². The number of rotatable bonds is 5. The fourth-order valence-electron chi connectivity index (χ4n) is 4.26. The Hall–Kier alpha value is -3.41. The average Bonchev–Trinajstić information content (AvgIpc) is 2.72. The van der Waals surface area contributed by atoms with Gasteiger partial charge in [0.05, 0.1) is 17.5 Å². The summed E-state index contributed by atoms with van der Waals surface area (Å²) in [5.74, 6) is 0.501. The first-order valence-electron chi connectivity index (χ1n) is 10.6. The maximum absolute atomic E-state index is 11.2. The second-order valence-electron chi connectivity index (χ2n) is 8.43. The lowest BCUT2D eigenvalue weighted by Gasteiger charge is -2.20. The Morgan fingerprint density at radius 1 is 1.19 bits per heavy atom. The number of nitrogens with two attached hydrogens (primary N) is 1. The molecular weight excluding hydrogens is 388 g/mol. The summed E-state index contributed by atoms with van der Waals surface area (Å²) in [7, 11) is 0. The number of aromatic nitrogens is 2. The maximum atomic E-state index is 11.2. The number of aryl methyl sites for hydroxylation is 2. The maximum Gasteiger partial charge on any atom is 0.306 e. The van der Waals surface area contributed by atoms with Crippen molar-refractivity contribution >= 4 is 34.0 Å². The molecule has 0 spiro atoms. The van der Waals surface area contributed by atoms with Gasteiger partial charge in [-0.2, -0.15) is 0 Å². The van der Waals surface area contributed by atoms with Crippen molar-refractivity contribution in [2.45, 2.75) is 46.1 Å². The Balaban J connectivity index is 1.68. The van der Waals surface area contributed by atoms with E-state index in [-0.39, 0.29) is 12.0 Å². The van der Waals surface area contributed by atoms with Crippen LogP contribution in [-0.4, -0.2) is 21.0 Å². The van der Waals surface area contributed by atoms with Crippen molar-refractivity contribution < 1.29 is 9.90 Å². The van der Waals surface area contributed by atoms with E-state index < -0.39 is 5.97 Å². The topological polar surface area (TPSA) is 101 Å². The summed E-state index contributed by atoms with van der Waals surface area (Å²) in [6.07, 6.45) is 4.06. The van der Waals surface area contributed by atoms with Crippen LogP contribution in [0.1, 0.15) is 54.7 Å². The standard InChI is InChI=1S/C25H28N4O2/c1-14-10-20(12-21(26)11-14)15(2)27-24-22-13-19(8-9-23(22)28-16(3)29-24)17-4-6-18(7-5-17)25(30)31/h4,8-13,15,18H,5-7,26H2,1-3H3,(H,30,31)(H,27,28,29)/t15-,18?/m0/s1. The number of hydrogen-bond donors (Lipinski definition) is 3. The number of nitrogens with zero attached hydrogens (tertiary/aromatic N) is 2. The van der Waals surface area contributed by atoms with Crippen LogP contribution in [0.4, 0.5) is 11.5 Å². The van der Waals surface area contributed by atoms with Gasteiger partial charge >= 0.3 is 5.97 Å². The average molecular weight is 417 g/mol. The highest BCUT2D eigenvalue weighted by Crippen LogP contribution is 2.33. The highest BCUT2D eigenvalue weighted by Gasteiger charge is 2.21. The summed E-state index contributed by atoms with van der Waals surface area (Å²) >= 11 is 0. The molecular formula is C25H28N4O2. The van der Waals surface area contributed by atoms with Gasteiger partial charge in [-0.15, -0.1) is 0 Å². The third-order valence-electron chi connectivity index (χ3n) is 5.91. The van der Waals surface area contributed by atoms with E-state index in [9.17, 15) is 9.90 Å². The Kier molecular flexibility index (Phi) is 5.63. The minimum absolute atomic E-state index is 0.0218. The normalized spacial score (nSPS) is 17.3. The lowest BCUT2D eigenvalue weighted by atomic mass is 9.86. The predicted molar refractivity (Wildman–Crippen MR) is 125 cm³/mol. The highest BCUT2D eigenvalue weighted by atomic mass is 16.4. The molecule has 3 aromatic rings.